The summed E-state index contributed by atoms with van der Waals surface area (Å²) in [5.41, 5.74) is 33.4. The summed E-state index contributed by atoms with van der Waals surface area (Å²) >= 11 is 0. The molecule has 19 aromatic rings. The summed E-state index contributed by atoms with van der Waals surface area (Å²) in [6, 6.07) is 144. The van der Waals surface area contributed by atoms with Crippen molar-refractivity contribution in [3.8, 4) is 94.7 Å². The molecule has 0 N–H and O–H groups in total. The molecule has 21 rings (SSSR count). The van der Waals surface area contributed by atoms with Gasteiger partial charge in [-0.15, -0.1) is 0 Å². The number of fused-ring (bicyclic) bond motifs is 7. The SMILES string of the molecule is CC(C)(C)c1cc2ccc3cc(-c4ccc5c(c4)B4c6cc(-c7ccccc7)ccc6N(c6c(-c7ccccc7)cccc6-c6ccccc6)c6cc(-n7c8ccc(-c9ccccc9)cc8c8cc(-c9ccccc9)ccc87)cc(c64)N5c4c(-c5ccccc5)cccc4-c4ccccc4)cc4ccc(c1)c2c34. The average molecular weight is 1370 g/mol. The molecule has 0 saturated carbocycles. The molecular weight excluding hydrogens is 1300 g/mol. The van der Waals surface area contributed by atoms with Crippen molar-refractivity contribution in [2.75, 3.05) is 9.80 Å². The van der Waals surface area contributed by atoms with Gasteiger partial charge >= 0.3 is 0 Å². The van der Waals surface area contributed by atoms with Gasteiger partial charge in [0.1, 0.15) is 0 Å². The van der Waals surface area contributed by atoms with Crippen LogP contribution in [0, 0.1) is 0 Å². The van der Waals surface area contributed by atoms with Gasteiger partial charge in [0.25, 0.3) is 6.71 Å². The molecule has 4 heteroatoms. The van der Waals surface area contributed by atoms with E-state index < -0.39 is 0 Å². The molecule has 0 saturated heterocycles. The van der Waals surface area contributed by atoms with Crippen molar-refractivity contribution in [3.63, 3.8) is 0 Å². The molecule has 0 bridgehead atoms. The molecule has 108 heavy (non-hydrogen) atoms. The van der Waals surface area contributed by atoms with Crippen molar-refractivity contribution in [1.29, 1.82) is 0 Å². The molecule has 0 amide bonds. The molecule has 18 aromatic carbocycles. The molecule has 3 nitrogen and oxygen atoms in total. The van der Waals surface area contributed by atoms with Gasteiger partial charge in [0.05, 0.1) is 28.1 Å². The molecule has 3 heterocycles. The second-order valence-electron chi connectivity index (χ2n) is 30.3. The highest BCUT2D eigenvalue weighted by molar-refractivity contribution is 7.00. The van der Waals surface area contributed by atoms with Crippen molar-refractivity contribution in [2.24, 2.45) is 0 Å². The van der Waals surface area contributed by atoms with Crippen LogP contribution in [-0.2, 0) is 5.41 Å². The molecule has 2 aliphatic rings. The van der Waals surface area contributed by atoms with Crippen LogP contribution in [0.25, 0.3) is 149 Å². The maximum Gasteiger partial charge on any atom is 0.252 e. The van der Waals surface area contributed by atoms with Crippen LogP contribution >= 0.6 is 0 Å². The minimum absolute atomic E-state index is 0.0157. The van der Waals surface area contributed by atoms with Crippen LogP contribution in [0.2, 0.25) is 0 Å². The maximum absolute atomic E-state index is 2.69. The van der Waals surface area contributed by atoms with Gasteiger partial charge in [-0.2, -0.15) is 0 Å². The molecule has 0 aliphatic carbocycles. The molecule has 0 spiro atoms. The smallest absolute Gasteiger partial charge is 0.252 e. The Bertz CT molecular complexity index is 6450. The van der Waals surface area contributed by atoms with Crippen LogP contribution in [-0.4, -0.2) is 11.3 Å². The Morgan fingerprint density at radius 1 is 0.241 bits per heavy atom. The molecule has 506 valence electrons. The quantitative estimate of drug-likeness (QED) is 0.0944. The lowest BCUT2D eigenvalue weighted by Gasteiger charge is -2.46. The van der Waals surface area contributed by atoms with Crippen LogP contribution in [0.4, 0.5) is 34.1 Å². The zero-order chi connectivity index (χ0) is 71.7. The Kier molecular flexibility index (Phi) is 14.6. The minimum Gasteiger partial charge on any atom is -0.310 e. The van der Waals surface area contributed by atoms with Crippen molar-refractivity contribution >= 4 is 111 Å². The third kappa shape index (κ3) is 10.3. The lowest BCUT2D eigenvalue weighted by Crippen LogP contribution is -2.61. The van der Waals surface area contributed by atoms with Gasteiger partial charge < -0.3 is 14.4 Å². The summed E-state index contributed by atoms with van der Waals surface area (Å²) < 4.78 is 2.57. The van der Waals surface area contributed by atoms with Crippen molar-refractivity contribution in [3.05, 3.63) is 388 Å². The van der Waals surface area contributed by atoms with Gasteiger partial charge in [0.2, 0.25) is 0 Å². The first-order valence-electron chi connectivity index (χ1n) is 37.7. The number of anilines is 6. The van der Waals surface area contributed by atoms with E-state index in [1.807, 2.05) is 0 Å². The van der Waals surface area contributed by atoms with Crippen LogP contribution < -0.4 is 26.2 Å². The van der Waals surface area contributed by atoms with E-state index in [4.69, 9.17) is 0 Å². The number of hydrogen-bond donors (Lipinski definition) is 0. The van der Waals surface area contributed by atoms with Crippen LogP contribution in [0.15, 0.2) is 382 Å². The van der Waals surface area contributed by atoms with Crippen molar-refractivity contribution in [1.82, 2.24) is 4.57 Å². The first kappa shape index (κ1) is 63.0. The summed E-state index contributed by atoms with van der Waals surface area (Å²) in [6.07, 6.45) is 0. The van der Waals surface area contributed by atoms with E-state index in [1.54, 1.807) is 0 Å². The largest absolute Gasteiger partial charge is 0.310 e. The summed E-state index contributed by atoms with van der Waals surface area (Å²) in [7, 11) is 0. The molecule has 0 fully saturated rings. The van der Waals surface area contributed by atoms with Gasteiger partial charge in [-0.25, -0.2) is 0 Å². The zero-order valence-electron chi connectivity index (χ0n) is 60.3. The van der Waals surface area contributed by atoms with Gasteiger partial charge in [0, 0.05) is 55.8 Å². The highest BCUT2D eigenvalue weighted by Crippen LogP contribution is 2.55. The molecule has 1 aromatic heterocycles. The third-order valence-corrected chi connectivity index (χ3v) is 23.0. The Hall–Kier alpha value is -13.5. The van der Waals surface area contributed by atoms with Gasteiger partial charge in [-0.1, -0.05) is 342 Å². The lowest BCUT2D eigenvalue weighted by atomic mass is 9.33. The predicted octanol–water partition coefficient (Wildman–Crippen LogP) is 26.4. The predicted molar refractivity (Wildman–Crippen MR) is 461 cm³/mol. The van der Waals surface area contributed by atoms with E-state index in [9.17, 15) is 0 Å². The normalized spacial score (nSPS) is 12.5. The highest BCUT2D eigenvalue weighted by Gasteiger charge is 2.46. The topological polar surface area (TPSA) is 11.4 Å². The number of para-hydroxylation sites is 2. The monoisotopic (exact) mass is 1370 g/mol. The number of benzene rings is 18. The van der Waals surface area contributed by atoms with Crippen LogP contribution in [0.1, 0.15) is 26.3 Å². The number of hydrogen-bond acceptors (Lipinski definition) is 2. The minimum atomic E-state index is -0.291. The van der Waals surface area contributed by atoms with E-state index in [0.717, 1.165) is 106 Å². The van der Waals surface area contributed by atoms with Gasteiger partial charge in [0.15, 0.2) is 0 Å². The fourth-order valence-corrected chi connectivity index (χ4v) is 17.9. The van der Waals surface area contributed by atoms with E-state index in [2.05, 4.69) is 417 Å². The van der Waals surface area contributed by atoms with Crippen LogP contribution in [0.5, 0.6) is 0 Å². The molecule has 0 radical (unpaired) electrons. The maximum atomic E-state index is 2.69. The van der Waals surface area contributed by atoms with Crippen molar-refractivity contribution in [2.45, 2.75) is 26.2 Å². The van der Waals surface area contributed by atoms with E-state index in [-0.39, 0.29) is 12.1 Å². The fraction of sp³-hybridized carbons (Fsp3) is 0.0385. The fourth-order valence-electron chi connectivity index (χ4n) is 17.9. The third-order valence-electron chi connectivity index (χ3n) is 23.0. The van der Waals surface area contributed by atoms with Gasteiger partial charge in [-0.05, 0) is 187 Å². The Morgan fingerprint density at radius 3 is 0.907 bits per heavy atom. The number of aromatic nitrogens is 1. The summed E-state index contributed by atoms with van der Waals surface area (Å²) in [6.45, 7) is 6.66. The van der Waals surface area contributed by atoms with E-state index in [0.29, 0.717) is 0 Å². The summed E-state index contributed by atoms with van der Waals surface area (Å²) in [5.74, 6) is 0. The molecule has 2 aliphatic heterocycles. The highest BCUT2D eigenvalue weighted by atomic mass is 15.2. The van der Waals surface area contributed by atoms with Crippen LogP contribution in [0.3, 0.4) is 0 Å². The lowest BCUT2D eigenvalue weighted by molar-refractivity contribution is 0.591. The van der Waals surface area contributed by atoms with Gasteiger partial charge in [-0.3, -0.25) is 0 Å². The second kappa shape index (κ2) is 25.1. The molecule has 0 unspecified atom stereocenters. The zero-order valence-corrected chi connectivity index (χ0v) is 60.3. The van der Waals surface area contributed by atoms with E-state index in [1.165, 1.54) is 98.4 Å². The average Bonchev–Trinajstić information content (AvgIpc) is 0.813. The Balaban J connectivity index is 0.922. The second-order valence-corrected chi connectivity index (χ2v) is 30.3. The standard InChI is InChI=1S/C104H72BN3/c1-104(2,3)83-59-80-47-45-78-57-82(58-79-46-48-81(60-83)100(80)99(78)79)77-52-56-96-92(64-77)105-91-63-76(69-31-15-6-16-32-69)51-55-95(91)107(102-85(70-33-17-7-18-34-70)41-25-42-86(102)71-35-19-8-20-36-71)97-65-84(66-98(101(97)105)108(96)103-87(72-37-21-9-22-38-72)43-26-44-88(103)73-39-23-10-24-40-73)106-93-53-49-74(67-27-11-4-12-28-67)61-89(93)90-62-75(50-54-94(90)106)68-29-13-5-14-30-68/h4-66H,1-3H3. The number of nitrogens with zero attached hydrogens (tertiary/aromatic N) is 3. The summed E-state index contributed by atoms with van der Waals surface area (Å²) in [5, 5.41) is 10.1. The van der Waals surface area contributed by atoms with E-state index >= 15 is 0 Å². The Labute approximate surface area is 630 Å². The first-order chi connectivity index (χ1) is 53.2. The summed E-state index contributed by atoms with van der Waals surface area (Å²) in [4.78, 5) is 5.37. The number of rotatable bonds is 11. The van der Waals surface area contributed by atoms with Crippen molar-refractivity contribution < 1.29 is 0 Å². The molecule has 0 atom stereocenters. The molecular formula is C104H72BN3. The Morgan fingerprint density at radius 2 is 0.556 bits per heavy atom. The first-order valence-corrected chi connectivity index (χ1v) is 37.7.